The van der Waals surface area contributed by atoms with Crippen molar-refractivity contribution < 1.29 is 5.11 Å². The lowest BCUT2D eigenvalue weighted by Gasteiger charge is -2.25. The number of aliphatic hydroxyl groups excluding tert-OH is 1. The van der Waals surface area contributed by atoms with Gasteiger partial charge in [0.05, 0.1) is 6.10 Å². The predicted molar refractivity (Wildman–Crippen MR) is 80.7 cm³/mol. The molecule has 0 saturated carbocycles. The standard InChI is InChI=1S/C16H24N4O/c1-12-13(7-14(8-17)18(12)2)9-19-10-15(16(21)11-19)20-5-3-4-6-20/h7,15-16,21H,3-6,9-11H2,1-2H3/t15-,16-/m0/s1. The van der Waals surface area contributed by atoms with Crippen LogP contribution in [0, 0.1) is 18.3 Å². The van der Waals surface area contributed by atoms with Gasteiger partial charge in [0.15, 0.2) is 0 Å². The highest BCUT2D eigenvalue weighted by Gasteiger charge is 2.36. The number of rotatable bonds is 3. The van der Waals surface area contributed by atoms with Gasteiger partial charge in [-0.3, -0.25) is 9.80 Å². The van der Waals surface area contributed by atoms with Crippen molar-refractivity contribution in [1.29, 1.82) is 5.26 Å². The summed E-state index contributed by atoms with van der Waals surface area (Å²) < 4.78 is 1.94. The van der Waals surface area contributed by atoms with Gasteiger partial charge in [0.1, 0.15) is 11.8 Å². The average molecular weight is 288 g/mol. The first kappa shape index (κ1) is 14.6. The van der Waals surface area contributed by atoms with E-state index in [1.165, 1.54) is 18.4 Å². The van der Waals surface area contributed by atoms with Crippen molar-refractivity contribution in [3.63, 3.8) is 0 Å². The van der Waals surface area contributed by atoms with Crippen LogP contribution in [0.25, 0.3) is 0 Å². The number of hydrogen-bond acceptors (Lipinski definition) is 4. The molecule has 0 aromatic carbocycles. The smallest absolute Gasteiger partial charge is 0.120 e. The van der Waals surface area contributed by atoms with Crippen LogP contribution in [0.1, 0.15) is 29.8 Å². The Kier molecular flexibility index (Phi) is 4.03. The van der Waals surface area contributed by atoms with Crippen molar-refractivity contribution in [1.82, 2.24) is 14.4 Å². The van der Waals surface area contributed by atoms with E-state index in [2.05, 4.69) is 22.8 Å². The molecule has 0 amide bonds. The molecular formula is C16H24N4O. The van der Waals surface area contributed by atoms with Gasteiger partial charge in [-0.15, -0.1) is 0 Å². The normalized spacial score (nSPS) is 27.3. The SMILES string of the molecule is Cc1c(CN2C[C@H](O)[C@@H](N3CCCC3)C2)cc(C#N)n1C. The summed E-state index contributed by atoms with van der Waals surface area (Å²) in [5, 5.41) is 19.4. The lowest BCUT2D eigenvalue weighted by atomic mass is 10.2. The molecule has 0 aliphatic carbocycles. The molecule has 2 atom stereocenters. The third kappa shape index (κ3) is 2.71. The molecule has 2 fully saturated rings. The summed E-state index contributed by atoms with van der Waals surface area (Å²) in [6.45, 7) is 6.79. The maximum atomic E-state index is 10.3. The molecule has 0 bridgehead atoms. The molecule has 1 aromatic rings. The monoisotopic (exact) mass is 288 g/mol. The quantitative estimate of drug-likeness (QED) is 0.896. The second kappa shape index (κ2) is 5.80. The summed E-state index contributed by atoms with van der Waals surface area (Å²) in [5.41, 5.74) is 3.05. The molecule has 3 rings (SSSR count). The molecule has 1 N–H and O–H groups in total. The van der Waals surface area contributed by atoms with Gasteiger partial charge in [-0.25, -0.2) is 0 Å². The molecule has 2 aliphatic rings. The Bertz CT molecular complexity index is 553. The van der Waals surface area contributed by atoms with Crippen molar-refractivity contribution in [3.05, 3.63) is 23.0 Å². The van der Waals surface area contributed by atoms with E-state index in [1.807, 2.05) is 17.7 Å². The van der Waals surface area contributed by atoms with Gasteiger partial charge in [-0.1, -0.05) is 0 Å². The number of nitriles is 1. The molecule has 21 heavy (non-hydrogen) atoms. The third-order valence-electron chi connectivity index (χ3n) is 5.09. The van der Waals surface area contributed by atoms with Gasteiger partial charge in [-0.2, -0.15) is 5.26 Å². The molecule has 3 heterocycles. The first-order valence-electron chi connectivity index (χ1n) is 7.80. The van der Waals surface area contributed by atoms with Crippen molar-refractivity contribution in [3.8, 4) is 6.07 Å². The number of likely N-dealkylation sites (tertiary alicyclic amines) is 2. The fraction of sp³-hybridized carbons (Fsp3) is 0.688. The Morgan fingerprint density at radius 3 is 2.67 bits per heavy atom. The lowest BCUT2D eigenvalue weighted by Crippen LogP contribution is -2.41. The number of β-amino-alcohol motifs (C(OH)–C–C–N with tert-alkyl or cyclic N) is 1. The van der Waals surface area contributed by atoms with Crippen LogP contribution < -0.4 is 0 Å². The molecule has 0 unspecified atom stereocenters. The van der Waals surface area contributed by atoms with E-state index in [0.29, 0.717) is 5.69 Å². The molecule has 114 valence electrons. The summed E-state index contributed by atoms with van der Waals surface area (Å²) >= 11 is 0. The summed E-state index contributed by atoms with van der Waals surface area (Å²) in [6.07, 6.45) is 2.27. The van der Waals surface area contributed by atoms with Crippen molar-refractivity contribution >= 4 is 0 Å². The van der Waals surface area contributed by atoms with Crippen LogP contribution in [-0.4, -0.2) is 57.8 Å². The maximum Gasteiger partial charge on any atom is 0.120 e. The van der Waals surface area contributed by atoms with Gasteiger partial charge in [0.25, 0.3) is 0 Å². The van der Waals surface area contributed by atoms with Crippen LogP contribution in [-0.2, 0) is 13.6 Å². The molecule has 5 nitrogen and oxygen atoms in total. The number of nitrogens with zero attached hydrogens (tertiary/aromatic N) is 4. The van der Waals surface area contributed by atoms with Crippen molar-refractivity contribution in [2.45, 2.75) is 38.5 Å². The maximum absolute atomic E-state index is 10.3. The second-order valence-corrected chi connectivity index (χ2v) is 6.38. The number of aliphatic hydroxyl groups is 1. The fourth-order valence-corrected chi connectivity index (χ4v) is 3.68. The van der Waals surface area contributed by atoms with Crippen LogP contribution in [0.5, 0.6) is 0 Å². The Morgan fingerprint density at radius 2 is 2.05 bits per heavy atom. The van der Waals surface area contributed by atoms with E-state index in [-0.39, 0.29) is 12.1 Å². The molecule has 1 aromatic heterocycles. The summed E-state index contributed by atoms with van der Waals surface area (Å²) in [5.74, 6) is 0. The minimum Gasteiger partial charge on any atom is -0.390 e. The number of hydrogen-bond donors (Lipinski definition) is 1. The lowest BCUT2D eigenvalue weighted by molar-refractivity contribution is 0.0978. The largest absolute Gasteiger partial charge is 0.390 e. The minimum atomic E-state index is -0.248. The third-order valence-corrected chi connectivity index (χ3v) is 5.09. The van der Waals surface area contributed by atoms with Crippen molar-refractivity contribution in [2.24, 2.45) is 7.05 Å². The van der Waals surface area contributed by atoms with Crippen LogP contribution in [0.4, 0.5) is 0 Å². The first-order chi connectivity index (χ1) is 10.1. The highest BCUT2D eigenvalue weighted by Crippen LogP contribution is 2.24. The van der Waals surface area contributed by atoms with E-state index in [0.717, 1.165) is 38.4 Å². The van der Waals surface area contributed by atoms with Gasteiger partial charge in [0.2, 0.25) is 0 Å². The highest BCUT2D eigenvalue weighted by molar-refractivity contribution is 5.34. The summed E-state index contributed by atoms with van der Waals surface area (Å²) in [6, 6.07) is 4.49. The molecule has 2 saturated heterocycles. The average Bonchev–Trinajstić information content (AvgIpc) is 3.15. The molecule has 0 radical (unpaired) electrons. The molecule has 0 spiro atoms. The Hall–Kier alpha value is -1.35. The summed E-state index contributed by atoms with van der Waals surface area (Å²) in [7, 11) is 1.93. The molecular weight excluding hydrogens is 264 g/mol. The second-order valence-electron chi connectivity index (χ2n) is 6.38. The fourth-order valence-electron chi connectivity index (χ4n) is 3.68. The van der Waals surface area contributed by atoms with Crippen LogP contribution in [0.2, 0.25) is 0 Å². The Balaban J connectivity index is 1.68. The van der Waals surface area contributed by atoms with Gasteiger partial charge in [-0.05, 0) is 44.5 Å². The highest BCUT2D eigenvalue weighted by atomic mass is 16.3. The van der Waals surface area contributed by atoms with E-state index in [4.69, 9.17) is 5.26 Å². The number of aromatic nitrogens is 1. The predicted octanol–water partition coefficient (Wildman–Crippen LogP) is 0.846. The first-order valence-corrected chi connectivity index (χ1v) is 7.80. The zero-order valence-electron chi connectivity index (χ0n) is 12.9. The Labute approximate surface area is 126 Å². The van der Waals surface area contributed by atoms with Gasteiger partial charge >= 0.3 is 0 Å². The zero-order valence-corrected chi connectivity index (χ0v) is 12.9. The zero-order chi connectivity index (χ0) is 15.0. The minimum absolute atomic E-state index is 0.248. The Morgan fingerprint density at radius 1 is 1.33 bits per heavy atom. The molecule has 2 aliphatic heterocycles. The van der Waals surface area contributed by atoms with E-state index >= 15 is 0 Å². The van der Waals surface area contributed by atoms with Crippen molar-refractivity contribution in [2.75, 3.05) is 26.2 Å². The van der Waals surface area contributed by atoms with Gasteiger partial charge in [0, 0.05) is 38.4 Å². The van der Waals surface area contributed by atoms with E-state index in [9.17, 15) is 5.11 Å². The van der Waals surface area contributed by atoms with Crippen LogP contribution >= 0.6 is 0 Å². The van der Waals surface area contributed by atoms with Crippen LogP contribution in [0.3, 0.4) is 0 Å². The van der Waals surface area contributed by atoms with Gasteiger partial charge < -0.3 is 9.67 Å². The van der Waals surface area contributed by atoms with E-state index in [1.54, 1.807) is 0 Å². The topological polar surface area (TPSA) is 55.4 Å². The van der Waals surface area contributed by atoms with E-state index < -0.39 is 0 Å². The molecule has 5 heteroatoms. The summed E-state index contributed by atoms with van der Waals surface area (Å²) in [4.78, 5) is 4.75. The van der Waals surface area contributed by atoms with Crippen LogP contribution in [0.15, 0.2) is 6.07 Å².